The van der Waals surface area contributed by atoms with Crippen molar-refractivity contribution >= 4 is 23.7 Å². The number of hydrogen-bond acceptors (Lipinski definition) is 4. The van der Waals surface area contributed by atoms with E-state index < -0.39 is 35.8 Å². The van der Waals surface area contributed by atoms with Gasteiger partial charge in [-0.3, -0.25) is 24.1 Å². The van der Waals surface area contributed by atoms with Gasteiger partial charge in [0.1, 0.15) is 12.1 Å². The minimum atomic E-state index is -1.20. The molecule has 0 spiro atoms. The fourth-order valence-corrected chi connectivity index (χ4v) is 3.00. The van der Waals surface area contributed by atoms with Crippen LogP contribution in [0.1, 0.15) is 33.2 Å². The monoisotopic (exact) mass is 366 g/mol. The Hall–Kier alpha value is -3.48. The first kappa shape index (κ1) is 18.3. The molecule has 0 bridgehead atoms. The van der Waals surface area contributed by atoms with Crippen LogP contribution >= 0.6 is 0 Å². The predicted octanol–water partition coefficient (Wildman–Crippen LogP) is 1.48. The van der Waals surface area contributed by atoms with Crippen LogP contribution in [0.2, 0.25) is 0 Å². The van der Waals surface area contributed by atoms with Gasteiger partial charge in [-0.25, -0.2) is 0 Å². The highest BCUT2D eigenvalue weighted by Gasteiger charge is 2.43. The van der Waals surface area contributed by atoms with E-state index in [1.54, 1.807) is 36.4 Å². The third kappa shape index (κ3) is 3.57. The molecule has 1 heterocycles. The lowest BCUT2D eigenvalue weighted by Gasteiger charge is -2.26. The van der Waals surface area contributed by atoms with Crippen LogP contribution in [0.3, 0.4) is 0 Å². The number of hydrogen-bond donors (Lipinski definition) is 2. The van der Waals surface area contributed by atoms with Gasteiger partial charge in [0, 0.05) is 6.42 Å². The number of aliphatic carboxylic acids is 1. The van der Waals surface area contributed by atoms with Crippen LogP contribution in [0, 0.1) is 0 Å². The number of fused-ring (bicyclic) bond motifs is 1. The molecule has 0 aromatic heterocycles. The summed E-state index contributed by atoms with van der Waals surface area (Å²) >= 11 is 0. The van der Waals surface area contributed by atoms with Gasteiger partial charge >= 0.3 is 5.97 Å². The van der Waals surface area contributed by atoms with Crippen molar-refractivity contribution in [1.29, 1.82) is 0 Å². The van der Waals surface area contributed by atoms with Crippen molar-refractivity contribution in [2.24, 2.45) is 0 Å². The van der Waals surface area contributed by atoms with Crippen molar-refractivity contribution in [2.75, 3.05) is 0 Å². The first-order chi connectivity index (χ1) is 12.9. The van der Waals surface area contributed by atoms with Gasteiger partial charge in [-0.05, 0) is 24.6 Å². The van der Waals surface area contributed by atoms with E-state index in [2.05, 4.69) is 5.32 Å². The van der Waals surface area contributed by atoms with Gasteiger partial charge in [0.2, 0.25) is 5.91 Å². The Kier molecular flexibility index (Phi) is 5.03. The van der Waals surface area contributed by atoms with Gasteiger partial charge in [-0.15, -0.1) is 0 Å². The zero-order valence-corrected chi connectivity index (χ0v) is 14.6. The van der Waals surface area contributed by atoms with Crippen molar-refractivity contribution in [3.63, 3.8) is 0 Å². The highest BCUT2D eigenvalue weighted by Crippen LogP contribution is 2.26. The molecule has 1 aliphatic rings. The molecule has 2 aromatic rings. The second-order valence-corrected chi connectivity index (χ2v) is 6.30. The molecule has 0 radical (unpaired) electrons. The number of carboxylic acid groups (broad SMARTS) is 1. The summed E-state index contributed by atoms with van der Waals surface area (Å²) < 4.78 is 0. The maximum absolute atomic E-state index is 12.8. The highest BCUT2D eigenvalue weighted by atomic mass is 16.4. The standard InChI is InChI=1S/C20H18N2O5/c1-12(20(26)27)21-17(23)16(11-13-7-3-2-4-8-13)22-18(24)14-9-5-6-10-15(14)19(22)25/h2-10,12,16H,11H2,1H3,(H,21,23)(H,26,27)/t12-,16+/m0/s1. The minimum absolute atomic E-state index is 0.0878. The molecule has 2 N–H and O–H groups in total. The summed E-state index contributed by atoms with van der Waals surface area (Å²) in [6.45, 7) is 1.32. The Labute approximate surface area is 155 Å². The van der Waals surface area contributed by atoms with Crippen molar-refractivity contribution in [1.82, 2.24) is 10.2 Å². The maximum Gasteiger partial charge on any atom is 0.325 e. The summed E-state index contributed by atoms with van der Waals surface area (Å²) in [6, 6.07) is 13.0. The van der Waals surface area contributed by atoms with E-state index in [0.29, 0.717) is 0 Å². The number of amides is 3. The molecule has 3 amide bonds. The smallest absolute Gasteiger partial charge is 0.325 e. The molecular weight excluding hydrogens is 348 g/mol. The molecule has 0 saturated carbocycles. The average molecular weight is 366 g/mol. The number of nitrogens with one attached hydrogen (secondary N) is 1. The van der Waals surface area contributed by atoms with Gasteiger partial charge in [0.15, 0.2) is 0 Å². The number of carbonyl (C=O) groups is 4. The highest BCUT2D eigenvalue weighted by molar-refractivity contribution is 6.22. The summed E-state index contributed by atoms with van der Waals surface area (Å²) in [4.78, 5) is 50.3. The van der Waals surface area contributed by atoms with E-state index >= 15 is 0 Å². The summed E-state index contributed by atoms with van der Waals surface area (Å²) in [7, 11) is 0. The van der Waals surface area contributed by atoms with E-state index in [4.69, 9.17) is 5.11 Å². The number of carbonyl (C=O) groups excluding carboxylic acids is 3. The first-order valence-electron chi connectivity index (χ1n) is 8.44. The van der Waals surface area contributed by atoms with E-state index in [-0.39, 0.29) is 17.5 Å². The molecule has 3 rings (SSSR count). The second-order valence-electron chi connectivity index (χ2n) is 6.30. The van der Waals surface area contributed by atoms with Crippen LogP contribution in [0.5, 0.6) is 0 Å². The van der Waals surface area contributed by atoms with E-state index in [0.717, 1.165) is 10.5 Å². The van der Waals surface area contributed by atoms with Gasteiger partial charge in [0.05, 0.1) is 11.1 Å². The number of carboxylic acids is 1. The largest absolute Gasteiger partial charge is 0.480 e. The van der Waals surface area contributed by atoms with Crippen molar-refractivity contribution in [3.8, 4) is 0 Å². The normalized spacial score (nSPS) is 15.2. The van der Waals surface area contributed by atoms with Crippen LogP contribution < -0.4 is 5.32 Å². The summed E-state index contributed by atoms with van der Waals surface area (Å²) in [6.07, 6.45) is 0.0878. The molecule has 2 aromatic carbocycles. The summed E-state index contributed by atoms with van der Waals surface area (Å²) in [5, 5.41) is 11.4. The van der Waals surface area contributed by atoms with Crippen molar-refractivity contribution < 1.29 is 24.3 Å². The fourth-order valence-electron chi connectivity index (χ4n) is 3.00. The third-order valence-corrected chi connectivity index (χ3v) is 4.44. The molecule has 0 aliphatic carbocycles. The van der Waals surface area contributed by atoms with Crippen LogP contribution in [0.25, 0.3) is 0 Å². The minimum Gasteiger partial charge on any atom is -0.480 e. The molecule has 0 fully saturated rings. The Morgan fingerprint density at radius 3 is 2.00 bits per heavy atom. The average Bonchev–Trinajstić information content (AvgIpc) is 2.91. The zero-order chi connectivity index (χ0) is 19.6. The molecule has 7 heteroatoms. The molecule has 7 nitrogen and oxygen atoms in total. The SMILES string of the molecule is C[C@H](NC(=O)[C@@H](Cc1ccccc1)N1C(=O)c2ccccc2C1=O)C(=O)O. The fraction of sp³-hybridized carbons (Fsp3) is 0.200. The van der Waals surface area contributed by atoms with Gasteiger partial charge < -0.3 is 10.4 Å². The van der Waals surface area contributed by atoms with E-state index in [1.165, 1.54) is 19.1 Å². The summed E-state index contributed by atoms with van der Waals surface area (Å²) in [5.74, 6) is -3.02. The first-order valence-corrected chi connectivity index (χ1v) is 8.44. The topological polar surface area (TPSA) is 104 Å². The lowest BCUT2D eigenvalue weighted by molar-refractivity contribution is -0.141. The van der Waals surface area contributed by atoms with Crippen LogP contribution in [0.4, 0.5) is 0 Å². The van der Waals surface area contributed by atoms with E-state index in [1.807, 2.05) is 6.07 Å². The number of benzene rings is 2. The molecule has 1 aliphatic heterocycles. The number of nitrogens with zero attached hydrogens (tertiary/aromatic N) is 1. The quantitative estimate of drug-likeness (QED) is 0.754. The summed E-state index contributed by atoms with van der Waals surface area (Å²) in [5.41, 5.74) is 1.22. The van der Waals surface area contributed by atoms with Gasteiger partial charge in [0.25, 0.3) is 11.8 Å². The maximum atomic E-state index is 12.8. The van der Waals surface area contributed by atoms with Crippen LogP contribution in [-0.4, -0.2) is 45.8 Å². The van der Waals surface area contributed by atoms with Crippen LogP contribution in [0.15, 0.2) is 54.6 Å². The predicted molar refractivity (Wildman–Crippen MR) is 96.1 cm³/mol. The van der Waals surface area contributed by atoms with Crippen molar-refractivity contribution in [2.45, 2.75) is 25.4 Å². The molecule has 27 heavy (non-hydrogen) atoms. The Bertz CT molecular complexity index is 875. The lowest BCUT2D eigenvalue weighted by Crippen LogP contribution is -2.53. The Balaban J connectivity index is 1.95. The molecular formula is C20H18N2O5. The van der Waals surface area contributed by atoms with Crippen molar-refractivity contribution in [3.05, 3.63) is 71.3 Å². The van der Waals surface area contributed by atoms with E-state index in [9.17, 15) is 19.2 Å². The molecule has 138 valence electrons. The number of imide groups is 1. The van der Waals surface area contributed by atoms with Crippen LogP contribution in [-0.2, 0) is 16.0 Å². The van der Waals surface area contributed by atoms with Gasteiger partial charge in [-0.2, -0.15) is 0 Å². The zero-order valence-electron chi connectivity index (χ0n) is 14.6. The second kappa shape index (κ2) is 7.41. The molecule has 0 unspecified atom stereocenters. The third-order valence-electron chi connectivity index (χ3n) is 4.44. The lowest BCUT2D eigenvalue weighted by atomic mass is 10.0. The Morgan fingerprint density at radius 2 is 1.48 bits per heavy atom. The number of rotatable bonds is 6. The van der Waals surface area contributed by atoms with Gasteiger partial charge in [-0.1, -0.05) is 42.5 Å². The Morgan fingerprint density at radius 1 is 0.963 bits per heavy atom. The molecule has 0 saturated heterocycles. The molecule has 2 atom stereocenters.